The highest BCUT2D eigenvalue weighted by atomic mass is 16.6. The number of nitrogens with one attached hydrogen (secondary N) is 1. The molecule has 0 radical (unpaired) electrons. The van der Waals surface area contributed by atoms with Crippen LogP contribution in [-0.2, 0) is 16.0 Å². The second-order valence-corrected chi connectivity index (χ2v) is 13.7. The first-order valence-corrected chi connectivity index (χ1v) is 17.3. The zero-order valence-corrected chi connectivity index (χ0v) is 30.4. The SMILES string of the molecule is COC(=O)c1c(-c2ccccc2)c2cc(Nc3nccc(-c4c(-c5ccccc5)noc4C)n3)ccc2c(=O)n1Cc1ccc(C(=O)OC(C)(C)C)cc1. The number of carbonyl (C=O) groups is 2. The van der Waals surface area contributed by atoms with E-state index in [4.69, 9.17) is 19.0 Å². The van der Waals surface area contributed by atoms with E-state index < -0.39 is 17.5 Å². The maximum Gasteiger partial charge on any atom is 0.355 e. The van der Waals surface area contributed by atoms with E-state index in [0.717, 1.165) is 11.1 Å². The number of anilines is 2. The van der Waals surface area contributed by atoms with Gasteiger partial charge in [0.05, 0.1) is 30.5 Å². The lowest BCUT2D eigenvalue weighted by atomic mass is 9.96. The molecule has 0 atom stereocenters. The summed E-state index contributed by atoms with van der Waals surface area (Å²) in [7, 11) is 1.29. The molecule has 4 aromatic carbocycles. The van der Waals surface area contributed by atoms with Gasteiger partial charge >= 0.3 is 11.9 Å². The molecular weight excluding hydrogens is 683 g/mol. The normalized spacial score (nSPS) is 11.4. The first-order valence-electron chi connectivity index (χ1n) is 17.3. The number of esters is 2. The minimum atomic E-state index is -0.675. The van der Waals surface area contributed by atoms with E-state index in [9.17, 15) is 14.4 Å². The second kappa shape index (κ2) is 14.6. The Hall–Kier alpha value is -6.88. The van der Waals surface area contributed by atoms with Gasteiger partial charge < -0.3 is 19.3 Å². The van der Waals surface area contributed by atoms with Crippen molar-refractivity contribution in [1.82, 2.24) is 19.7 Å². The molecule has 7 rings (SSSR count). The molecule has 0 aliphatic rings. The predicted octanol–water partition coefficient (Wildman–Crippen LogP) is 8.62. The van der Waals surface area contributed by atoms with Crippen LogP contribution in [0, 0.1) is 6.92 Å². The van der Waals surface area contributed by atoms with Crippen LogP contribution in [0.2, 0.25) is 0 Å². The number of methoxy groups -OCH3 is 1. The Balaban J connectivity index is 1.31. The summed E-state index contributed by atoms with van der Waals surface area (Å²) < 4.78 is 17.8. The number of hydrogen-bond acceptors (Lipinski definition) is 10. The molecule has 0 spiro atoms. The van der Waals surface area contributed by atoms with Crippen molar-refractivity contribution in [2.75, 3.05) is 12.4 Å². The van der Waals surface area contributed by atoms with Crippen molar-refractivity contribution < 1.29 is 23.6 Å². The van der Waals surface area contributed by atoms with Crippen LogP contribution in [0.1, 0.15) is 52.9 Å². The first-order chi connectivity index (χ1) is 26.0. The van der Waals surface area contributed by atoms with E-state index in [-0.39, 0.29) is 17.8 Å². The van der Waals surface area contributed by atoms with Crippen molar-refractivity contribution in [2.45, 2.75) is 39.8 Å². The quantitative estimate of drug-likeness (QED) is 0.144. The Morgan fingerprint density at radius 3 is 2.17 bits per heavy atom. The number of carbonyl (C=O) groups excluding carboxylic acids is 2. The summed E-state index contributed by atoms with van der Waals surface area (Å²) in [6.45, 7) is 7.29. The Morgan fingerprint density at radius 1 is 0.815 bits per heavy atom. The number of fused-ring (bicyclic) bond motifs is 1. The molecule has 54 heavy (non-hydrogen) atoms. The summed E-state index contributed by atoms with van der Waals surface area (Å²) in [6.07, 6.45) is 1.65. The maximum atomic E-state index is 14.3. The maximum absolute atomic E-state index is 14.3. The minimum Gasteiger partial charge on any atom is -0.464 e. The van der Waals surface area contributed by atoms with Gasteiger partial charge in [0.15, 0.2) is 0 Å². The third-order valence-electron chi connectivity index (χ3n) is 8.72. The average molecular weight is 720 g/mol. The number of nitrogens with zero attached hydrogens (tertiary/aromatic N) is 4. The summed E-state index contributed by atoms with van der Waals surface area (Å²) in [4.78, 5) is 49.9. The second-order valence-electron chi connectivity index (χ2n) is 13.7. The fourth-order valence-corrected chi connectivity index (χ4v) is 6.30. The van der Waals surface area contributed by atoms with Gasteiger partial charge in [-0.3, -0.25) is 9.36 Å². The molecule has 11 nitrogen and oxygen atoms in total. The first kappa shape index (κ1) is 35.5. The third-order valence-corrected chi connectivity index (χ3v) is 8.72. The van der Waals surface area contributed by atoms with E-state index in [1.165, 1.54) is 11.7 Å². The number of rotatable bonds is 9. The molecule has 11 heteroatoms. The Bertz CT molecular complexity index is 2560. The highest BCUT2D eigenvalue weighted by Gasteiger charge is 2.25. The molecule has 0 bridgehead atoms. The number of benzene rings is 4. The minimum absolute atomic E-state index is 0.0432. The van der Waals surface area contributed by atoms with Gasteiger partial charge in [-0.05, 0) is 80.6 Å². The molecule has 3 aromatic heterocycles. The number of ether oxygens (including phenoxy) is 2. The topological polar surface area (TPSA) is 138 Å². The van der Waals surface area contributed by atoms with Crippen molar-refractivity contribution in [2.24, 2.45) is 0 Å². The molecule has 3 heterocycles. The lowest BCUT2D eigenvalue weighted by Gasteiger charge is -2.20. The number of aromatic nitrogens is 4. The standard InChI is InChI=1S/C43H37N5O6/c1-26-35(37(47-54-26)29-14-10-7-11-15-29)34-22-23-44-42(46-34)45-31-20-21-32-33(24-31)36(28-12-8-6-9-13-28)38(41(51)52-5)48(39(32)49)25-27-16-18-30(19-17-27)40(50)53-43(2,3)4/h6-24H,25H2,1-5H3,(H,44,45,46). The van der Waals surface area contributed by atoms with Gasteiger partial charge in [0, 0.05) is 28.4 Å². The van der Waals surface area contributed by atoms with Gasteiger partial charge in [-0.25, -0.2) is 19.6 Å². The van der Waals surface area contributed by atoms with Crippen molar-refractivity contribution in [3.63, 3.8) is 0 Å². The number of aryl methyl sites for hydroxylation is 1. The molecule has 270 valence electrons. The summed E-state index contributed by atoms with van der Waals surface area (Å²) in [5, 5.41) is 8.50. The molecule has 0 saturated heterocycles. The van der Waals surface area contributed by atoms with Crippen molar-refractivity contribution >= 4 is 34.3 Å². The number of hydrogen-bond donors (Lipinski definition) is 1. The highest BCUT2D eigenvalue weighted by Crippen LogP contribution is 2.36. The van der Waals surface area contributed by atoms with E-state index in [0.29, 0.717) is 61.8 Å². The molecular formula is C43H37N5O6. The van der Waals surface area contributed by atoms with Crippen LogP contribution in [0.25, 0.3) is 44.4 Å². The van der Waals surface area contributed by atoms with Gasteiger partial charge in [-0.1, -0.05) is 78.0 Å². The molecule has 0 fully saturated rings. The lowest BCUT2D eigenvalue weighted by Crippen LogP contribution is -2.28. The van der Waals surface area contributed by atoms with Crippen LogP contribution in [0.5, 0.6) is 0 Å². The van der Waals surface area contributed by atoms with Crippen molar-refractivity contribution in [3.05, 3.63) is 148 Å². The van der Waals surface area contributed by atoms with E-state index >= 15 is 0 Å². The summed E-state index contributed by atoms with van der Waals surface area (Å²) in [6, 6.07) is 33.0. The van der Waals surface area contributed by atoms with Gasteiger partial charge in [0.1, 0.15) is 22.7 Å². The van der Waals surface area contributed by atoms with Crippen LogP contribution < -0.4 is 10.9 Å². The van der Waals surface area contributed by atoms with Crippen LogP contribution in [0.15, 0.2) is 125 Å². The summed E-state index contributed by atoms with van der Waals surface area (Å²) in [5.41, 5.74) is 4.88. The van der Waals surface area contributed by atoms with E-state index in [1.807, 2.05) is 73.7 Å². The van der Waals surface area contributed by atoms with Crippen LogP contribution in [-0.4, -0.2) is 44.3 Å². The smallest absolute Gasteiger partial charge is 0.355 e. The fraction of sp³-hybridized carbons (Fsp3) is 0.163. The van der Waals surface area contributed by atoms with Crippen LogP contribution >= 0.6 is 0 Å². The van der Waals surface area contributed by atoms with E-state index in [1.54, 1.807) is 69.4 Å². The molecule has 0 aliphatic carbocycles. The molecule has 0 aliphatic heterocycles. The van der Waals surface area contributed by atoms with Crippen molar-refractivity contribution in [3.8, 4) is 33.6 Å². The summed E-state index contributed by atoms with van der Waals surface area (Å²) in [5.74, 6) is -0.206. The van der Waals surface area contributed by atoms with Crippen LogP contribution in [0.4, 0.5) is 11.6 Å². The Morgan fingerprint density at radius 2 is 1.50 bits per heavy atom. The van der Waals surface area contributed by atoms with Crippen LogP contribution in [0.3, 0.4) is 0 Å². The monoisotopic (exact) mass is 719 g/mol. The van der Waals surface area contributed by atoms with Gasteiger partial charge in [0.2, 0.25) is 5.95 Å². The molecule has 0 saturated carbocycles. The number of pyridine rings is 1. The highest BCUT2D eigenvalue weighted by molar-refractivity contribution is 6.07. The Labute approximate surface area is 311 Å². The molecule has 7 aromatic rings. The van der Waals surface area contributed by atoms with Gasteiger partial charge in [-0.15, -0.1) is 0 Å². The molecule has 0 unspecified atom stereocenters. The molecule has 0 amide bonds. The lowest BCUT2D eigenvalue weighted by molar-refractivity contribution is 0.00692. The average Bonchev–Trinajstić information content (AvgIpc) is 3.57. The predicted molar refractivity (Wildman–Crippen MR) is 207 cm³/mol. The van der Waals surface area contributed by atoms with Gasteiger partial charge in [-0.2, -0.15) is 0 Å². The third kappa shape index (κ3) is 7.24. The fourth-order valence-electron chi connectivity index (χ4n) is 6.30. The Kier molecular flexibility index (Phi) is 9.62. The zero-order valence-electron chi connectivity index (χ0n) is 30.4. The largest absolute Gasteiger partial charge is 0.464 e. The zero-order chi connectivity index (χ0) is 38.0. The van der Waals surface area contributed by atoms with E-state index in [2.05, 4.69) is 15.5 Å². The molecule has 1 N–H and O–H groups in total. The van der Waals surface area contributed by atoms with Crippen molar-refractivity contribution in [1.29, 1.82) is 0 Å². The summed E-state index contributed by atoms with van der Waals surface area (Å²) >= 11 is 0. The van der Waals surface area contributed by atoms with Gasteiger partial charge in [0.25, 0.3) is 5.56 Å².